The van der Waals surface area contributed by atoms with Gasteiger partial charge in [0.1, 0.15) is 24.0 Å². The molecule has 0 spiro atoms. The van der Waals surface area contributed by atoms with Gasteiger partial charge in [-0.1, -0.05) is 6.07 Å². The normalized spacial score (nSPS) is 10.5. The predicted octanol–water partition coefficient (Wildman–Crippen LogP) is 3.74. The van der Waals surface area contributed by atoms with E-state index in [1.807, 2.05) is 19.9 Å². The molecule has 2 nitrogen and oxygen atoms in total. The van der Waals surface area contributed by atoms with Gasteiger partial charge in [-0.2, -0.15) is 0 Å². The molecule has 0 radical (unpaired) electrons. The van der Waals surface area contributed by atoms with Crippen molar-refractivity contribution >= 4 is 5.69 Å². The van der Waals surface area contributed by atoms with E-state index >= 15 is 0 Å². The average molecular weight is 263 g/mol. The molecule has 0 saturated heterocycles. The van der Waals surface area contributed by atoms with Crippen molar-refractivity contribution in [3.63, 3.8) is 0 Å². The van der Waals surface area contributed by atoms with Crippen LogP contribution in [0.5, 0.6) is 5.75 Å². The van der Waals surface area contributed by atoms with Crippen LogP contribution < -0.4 is 10.5 Å². The monoisotopic (exact) mass is 263 g/mol. The van der Waals surface area contributed by atoms with E-state index in [4.69, 9.17) is 10.5 Å². The predicted molar refractivity (Wildman–Crippen MR) is 71.0 cm³/mol. The summed E-state index contributed by atoms with van der Waals surface area (Å²) in [6.45, 7) is 3.73. The Morgan fingerprint density at radius 2 is 1.84 bits per heavy atom. The second-order valence-corrected chi connectivity index (χ2v) is 4.52. The van der Waals surface area contributed by atoms with Crippen LogP contribution in [-0.2, 0) is 6.61 Å². The fourth-order valence-corrected chi connectivity index (χ4v) is 1.99. The highest BCUT2D eigenvalue weighted by Crippen LogP contribution is 2.28. The maximum absolute atomic E-state index is 13.5. The molecule has 0 atom stereocenters. The molecule has 0 amide bonds. The fourth-order valence-electron chi connectivity index (χ4n) is 1.99. The number of hydrogen-bond acceptors (Lipinski definition) is 2. The number of aryl methyl sites for hydroxylation is 2. The highest BCUT2D eigenvalue weighted by atomic mass is 19.1. The van der Waals surface area contributed by atoms with E-state index in [1.54, 1.807) is 6.07 Å². The van der Waals surface area contributed by atoms with Crippen molar-refractivity contribution in [2.45, 2.75) is 20.5 Å². The summed E-state index contributed by atoms with van der Waals surface area (Å²) in [4.78, 5) is 0. The lowest BCUT2D eigenvalue weighted by Crippen LogP contribution is -2.03. The van der Waals surface area contributed by atoms with E-state index in [1.165, 1.54) is 0 Å². The number of halogens is 2. The zero-order valence-corrected chi connectivity index (χ0v) is 10.8. The summed E-state index contributed by atoms with van der Waals surface area (Å²) in [5.41, 5.74) is 8.42. The molecule has 2 aromatic rings. The van der Waals surface area contributed by atoms with Crippen LogP contribution in [0, 0.1) is 25.5 Å². The van der Waals surface area contributed by atoms with Crippen molar-refractivity contribution in [3.8, 4) is 5.75 Å². The van der Waals surface area contributed by atoms with Crippen molar-refractivity contribution < 1.29 is 13.5 Å². The lowest BCUT2D eigenvalue weighted by Gasteiger charge is -2.13. The number of rotatable bonds is 3. The van der Waals surface area contributed by atoms with Gasteiger partial charge >= 0.3 is 0 Å². The van der Waals surface area contributed by atoms with E-state index in [-0.39, 0.29) is 12.2 Å². The van der Waals surface area contributed by atoms with E-state index in [2.05, 4.69) is 0 Å². The molecule has 19 heavy (non-hydrogen) atoms. The summed E-state index contributed by atoms with van der Waals surface area (Å²) in [6, 6.07) is 6.98. The fraction of sp³-hybridized carbons (Fsp3) is 0.200. The van der Waals surface area contributed by atoms with Crippen LogP contribution in [0.2, 0.25) is 0 Å². The lowest BCUT2D eigenvalue weighted by atomic mass is 10.1. The second kappa shape index (κ2) is 5.26. The highest BCUT2D eigenvalue weighted by Gasteiger charge is 2.09. The summed E-state index contributed by atoms with van der Waals surface area (Å²) >= 11 is 0. The molecule has 0 bridgehead atoms. The zero-order valence-electron chi connectivity index (χ0n) is 10.8. The molecule has 0 saturated carbocycles. The van der Waals surface area contributed by atoms with E-state index < -0.39 is 11.6 Å². The maximum atomic E-state index is 13.5. The van der Waals surface area contributed by atoms with Crippen molar-refractivity contribution in [1.82, 2.24) is 0 Å². The van der Waals surface area contributed by atoms with Crippen LogP contribution >= 0.6 is 0 Å². The molecule has 0 heterocycles. The Hall–Kier alpha value is -2.10. The molecular weight excluding hydrogens is 248 g/mol. The van der Waals surface area contributed by atoms with Gasteiger partial charge in [0.25, 0.3) is 0 Å². The van der Waals surface area contributed by atoms with Crippen LogP contribution in [-0.4, -0.2) is 0 Å². The SMILES string of the molecule is Cc1cc(C)c(OCc2cc(F)ccc2F)c(N)c1. The van der Waals surface area contributed by atoms with Crippen molar-refractivity contribution in [2.24, 2.45) is 0 Å². The van der Waals surface area contributed by atoms with Gasteiger partial charge in [-0.25, -0.2) is 8.78 Å². The third-order valence-electron chi connectivity index (χ3n) is 2.83. The molecule has 2 rings (SSSR count). The van der Waals surface area contributed by atoms with E-state index in [9.17, 15) is 8.78 Å². The molecule has 0 fully saturated rings. The first-order valence-electron chi connectivity index (χ1n) is 5.91. The number of ether oxygens (including phenoxy) is 1. The first kappa shape index (κ1) is 13.3. The third-order valence-corrected chi connectivity index (χ3v) is 2.83. The number of nitrogen functional groups attached to an aromatic ring is 1. The highest BCUT2D eigenvalue weighted by molar-refractivity contribution is 5.58. The smallest absolute Gasteiger partial charge is 0.145 e. The van der Waals surface area contributed by atoms with Gasteiger partial charge in [0, 0.05) is 5.56 Å². The topological polar surface area (TPSA) is 35.2 Å². The molecule has 2 N–H and O–H groups in total. The molecule has 0 aliphatic carbocycles. The summed E-state index contributed by atoms with van der Waals surface area (Å²) in [5.74, 6) is -0.479. The minimum absolute atomic E-state index is 0.0578. The van der Waals surface area contributed by atoms with Crippen LogP contribution in [0.25, 0.3) is 0 Å². The lowest BCUT2D eigenvalue weighted by molar-refractivity contribution is 0.298. The van der Waals surface area contributed by atoms with Gasteiger partial charge in [-0.15, -0.1) is 0 Å². The minimum atomic E-state index is -0.496. The van der Waals surface area contributed by atoms with Crippen LogP contribution in [0.15, 0.2) is 30.3 Å². The average Bonchev–Trinajstić information content (AvgIpc) is 2.32. The second-order valence-electron chi connectivity index (χ2n) is 4.52. The number of benzene rings is 2. The van der Waals surface area contributed by atoms with E-state index in [0.717, 1.165) is 29.3 Å². The van der Waals surface area contributed by atoms with Crippen LogP contribution in [0.1, 0.15) is 16.7 Å². The Kier molecular flexibility index (Phi) is 3.69. The first-order valence-corrected chi connectivity index (χ1v) is 5.91. The van der Waals surface area contributed by atoms with E-state index in [0.29, 0.717) is 11.4 Å². The Bertz CT molecular complexity index is 588. The van der Waals surface area contributed by atoms with Crippen LogP contribution in [0.4, 0.5) is 14.5 Å². The molecule has 100 valence electrons. The molecule has 0 aromatic heterocycles. The van der Waals surface area contributed by atoms with Gasteiger partial charge < -0.3 is 10.5 Å². The number of anilines is 1. The summed E-state index contributed by atoms with van der Waals surface area (Å²) in [6.07, 6.45) is 0. The Labute approximate surface area is 110 Å². The maximum Gasteiger partial charge on any atom is 0.145 e. The van der Waals surface area contributed by atoms with Gasteiger partial charge in [0.05, 0.1) is 5.69 Å². The minimum Gasteiger partial charge on any atom is -0.486 e. The summed E-state index contributed by atoms with van der Waals surface area (Å²) in [7, 11) is 0. The number of nitrogens with two attached hydrogens (primary N) is 1. The molecular formula is C15H15F2NO. The molecule has 0 aliphatic rings. The number of hydrogen-bond donors (Lipinski definition) is 1. The Morgan fingerprint density at radius 3 is 2.53 bits per heavy atom. The van der Waals surface area contributed by atoms with Crippen molar-refractivity contribution in [2.75, 3.05) is 5.73 Å². The molecule has 4 heteroatoms. The Balaban J connectivity index is 2.21. The van der Waals surface area contributed by atoms with Gasteiger partial charge in [0.2, 0.25) is 0 Å². The van der Waals surface area contributed by atoms with Crippen molar-refractivity contribution in [1.29, 1.82) is 0 Å². The summed E-state index contributed by atoms with van der Waals surface area (Å²) in [5, 5.41) is 0. The quantitative estimate of drug-likeness (QED) is 0.856. The third kappa shape index (κ3) is 3.02. The van der Waals surface area contributed by atoms with Gasteiger partial charge in [0.15, 0.2) is 0 Å². The van der Waals surface area contributed by atoms with Crippen molar-refractivity contribution in [3.05, 3.63) is 58.7 Å². The Morgan fingerprint density at radius 1 is 1.11 bits per heavy atom. The largest absolute Gasteiger partial charge is 0.486 e. The van der Waals surface area contributed by atoms with Gasteiger partial charge in [-0.05, 0) is 49.2 Å². The molecule has 0 aliphatic heterocycles. The van der Waals surface area contributed by atoms with Crippen LogP contribution in [0.3, 0.4) is 0 Å². The first-order chi connectivity index (χ1) is 8.97. The van der Waals surface area contributed by atoms with Gasteiger partial charge in [-0.3, -0.25) is 0 Å². The molecule has 0 unspecified atom stereocenters. The zero-order chi connectivity index (χ0) is 14.0. The standard InChI is InChI=1S/C15H15F2NO/c1-9-5-10(2)15(14(18)6-9)19-8-11-7-12(16)3-4-13(11)17/h3-7H,8,18H2,1-2H3. The summed E-state index contributed by atoms with van der Waals surface area (Å²) < 4.78 is 32.0. The molecule has 2 aromatic carbocycles.